The fraction of sp³-hybridized carbons (Fsp3) is 0.267. The van der Waals surface area contributed by atoms with E-state index in [1.807, 2.05) is 6.07 Å². The van der Waals surface area contributed by atoms with Crippen LogP contribution < -0.4 is 14.8 Å². The summed E-state index contributed by atoms with van der Waals surface area (Å²) >= 11 is 0. The van der Waals surface area contributed by atoms with Gasteiger partial charge in [-0.3, -0.25) is 5.32 Å². The molecule has 0 fully saturated rings. The highest BCUT2D eigenvalue weighted by Gasteiger charge is 2.35. The van der Waals surface area contributed by atoms with Crippen molar-refractivity contribution in [3.05, 3.63) is 47.4 Å². The molecule has 0 bridgehead atoms. The predicted octanol–water partition coefficient (Wildman–Crippen LogP) is 2.26. The van der Waals surface area contributed by atoms with Crippen LogP contribution in [0.4, 0.5) is 0 Å². The lowest BCUT2D eigenvalue weighted by atomic mass is 10.1. The molecule has 0 saturated carbocycles. The minimum Gasteiger partial charge on any atom is -0.493 e. The molecule has 1 N–H and O–H groups in total. The number of ether oxygens (including phenoxy) is 3. The minimum atomic E-state index is -0.530. The Morgan fingerprint density at radius 3 is 2.76 bits per heavy atom. The summed E-state index contributed by atoms with van der Waals surface area (Å²) in [6.45, 7) is 0.457. The quantitative estimate of drug-likeness (QED) is 0.851. The number of esters is 1. The normalized spacial score (nSPS) is 16.5. The summed E-state index contributed by atoms with van der Waals surface area (Å²) in [4.78, 5) is 12.1. The van der Waals surface area contributed by atoms with Gasteiger partial charge < -0.3 is 18.6 Å². The molecular formula is C15H15NO5. The number of cyclic esters (lactones) is 1. The first kappa shape index (κ1) is 13.5. The van der Waals surface area contributed by atoms with Gasteiger partial charge in [-0.15, -0.1) is 0 Å². The molecule has 110 valence electrons. The summed E-state index contributed by atoms with van der Waals surface area (Å²) in [5.41, 5.74) is 1.12. The van der Waals surface area contributed by atoms with E-state index in [9.17, 15) is 4.79 Å². The van der Waals surface area contributed by atoms with E-state index >= 15 is 0 Å². The van der Waals surface area contributed by atoms with Crippen LogP contribution in [0, 0.1) is 0 Å². The number of fused-ring (bicyclic) bond motifs is 1. The number of furan rings is 1. The largest absolute Gasteiger partial charge is 0.493 e. The summed E-state index contributed by atoms with van der Waals surface area (Å²) in [6, 6.07) is 7.20. The van der Waals surface area contributed by atoms with Crippen molar-refractivity contribution in [2.75, 3.05) is 14.2 Å². The van der Waals surface area contributed by atoms with Gasteiger partial charge in [-0.25, -0.2) is 4.79 Å². The van der Waals surface area contributed by atoms with E-state index in [4.69, 9.17) is 18.6 Å². The van der Waals surface area contributed by atoms with Crippen LogP contribution in [0.5, 0.6) is 11.5 Å². The maximum Gasteiger partial charge on any atom is 0.344 e. The molecular weight excluding hydrogens is 274 g/mol. The number of nitrogens with one attached hydrogen (secondary N) is 1. The van der Waals surface area contributed by atoms with Crippen molar-refractivity contribution >= 4 is 5.97 Å². The molecule has 1 atom stereocenters. The average molecular weight is 289 g/mol. The van der Waals surface area contributed by atoms with Gasteiger partial charge in [0.15, 0.2) is 17.7 Å². The Morgan fingerprint density at radius 1 is 1.24 bits per heavy atom. The van der Waals surface area contributed by atoms with Crippen LogP contribution in [0.25, 0.3) is 0 Å². The smallest absolute Gasteiger partial charge is 0.344 e. The molecule has 1 aromatic carbocycles. The van der Waals surface area contributed by atoms with Crippen LogP contribution in [-0.2, 0) is 11.3 Å². The third-order valence-corrected chi connectivity index (χ3v) is 3.33. The van der Waals surface area contributed by atoms with Gasteiger partial charge in [0.25, 0.3) is 0 Å². The Bertz CT molecular complexity index is 650. The van der Waals surface area contributed by atoms with Gasteiger partial charge in [-0.2, -0.15) is 0 Å². The van der Waals surface area contributed by atoms with Crippen molar-refractivity contribution in [2.24, 2.45) is 0 Å². The standard InChI is InChI=1S/C15H15NO5/c1-18-11-6-5-10-12(13(11)19-2)15(17)21-14(10)16-8-9-4-3-7-20-9/h3-7,14,16H,8H2,1-2H3. The van der Waals surface area contributed by atoms with E-state index < -0.39 is 12.2 Å². The molecule has 0 aliphatic carbocycles. The lowest BCUT2D eigenvalue weighted by molar-refractivity contribution is 0.0297. The van der Waals surface area contributed by atoms with Gasteiger partial charge >= 0.3 is 5.97 Å². The van der Waals surface area contributed by atoms with Crippen molar-refractivity contribution in [3.8, 4) is 11.5 Å². The Labute approximate surface area is 121 Å². The number of methoxy groups -OCH3 is 2. The van der Waals surface area contributed by atoms with Gasteiger partial charge in [-0.05, 0) is 24.3 Å². The van der Waals surface area contributed by atoms with Crippen LogP contribution >= 0.6 is 0 Å². The molecule has 21 heavy (non-hydrogen) atoms. The first-order valence-electron chi connectivity index (χ1n) is 6.46. The molecule has 1 aliphatic rings. The third kappa shape index (κ3) is 2.34. The van der Waals surface area contributed by atoms with E-state index in [1.165, 1.54) is 14.2 Å². The van der Waals surface area contributed by atoms with E-state index in [2.05, 4.69) is 5.32 Å². The third-order valence-electron chi connectivity index (χ3n) is 3.33. The molecule has 0 spiro atoms. The van der Waals surface area contributed by atoms with Crippen LogP contribution in [0.3, 0.4) is 0 Å². The molecule has 0 saturated heterocycles. The van der Waals surface area contributed by atoms with Gasteiger partial charge in [0.2, 0.25) is 0 Å². The SMILES string of the molecule is COc1ccc2c(c1OC)C(=O)OC2NCc1ccco1. The second-order valence-corrected chi connectivity index (χ2v) is 4.51. The second-order valence-electron chi connectivity index (χ2n) is 4.51. The molecule has 1 aliphatic heterocycles. The zero-order valence-corrected chi connectivity index (χ0v) is 11.7. The number of rotatable bonds is 5. The maximum absolute atomic E-state index is 12.1. The zero-order valence-electron chi connectivity index (χ0n) is 11.7. The molecule has 2 aromatic rings. The Balaban J connectivity index is 1.87. The molecule has 6 heteroatoms. The van der Waals surface area contributed by atoms with Crippen LogP contribution in [0.2, 0.25) is 0 Å². The highest BCUT2D eigenvalue weighted by Crippen LogP contribution is 2.40. The summed E-state index contributed by atoms with van der Waals surface area (Å²) < 4.78 is 21.1. The fourth-order valence-electron chi connectivity index (χ4n) is 2.36. The zero-order chi connectivity index (χ0) is 14.8. The Kier molecular flexibility index (Phi) is 3.53. The molecule has 0 amide bonds. The average Bonchev–Trinajstić information content (AvgIpc) is 3.12. The van der Waals surface area contributed by atoms with Gasteiger partial charge in [0, 0.05) is 5.56 Å². The van der Waals surface area contributed by atoms with Crippen molar-refractivity contribution < 1.29 is 23.4 Å². The number of hydrogen-bond acceptors (Lipinski definition) is 6. The predicted molar refractivity (Wildman–Crippen MR) is 73.3 cm³/mol. The maximum atomic E-state index is 12.1. The number of carbonyl (C=O) groups excluding carboxylic acids is 1. The molecule has 3 rings (SSSR count). The van der Waals surface area contributed by atoms with Gasteiger partial charge in [0.05, 0.1) is 27.0 Å². The summed E-state index contributed by atoms with van der Waals surface area (Å²) in [6.07, 6.45) is 1.07. The first-order valence-corrected chi connectivity index (χ1v) is 6.46. The summed E-state index contributed by atoms with van der Waals surface area (Å²) in [5.74, 6) is 1.22. The van der Waals surface area contributed by atoms with Gasteiger partial charge in [-0.1, -0.05) is 0 Å². The van der Waals surface area contributed by atoms with E-state index in [0.29, 0.717) is 23.6 Å². The first-order chi connectivity index (χ1) is 10.2. The van der Waals surface area contributed by atoms with Crippen molar-refractivity contribution in [2.45, 2.75) is 12.8 Å². The molecule has 2 heterocycles. The Morgan fingerprint density at radius 2 is 2.10 bits per heavy atom. The van der Waals surface area contributed by atoms with E-state index in [0.717, 1.165) is 11.3 Å². The number of benzene rings is 1. The summed E-state index contributed by atoms with van der Waals surface area (Å²) in [5, 5.41) is 3.13. The highest BCUT2D eigenvalue weighted by molar-refractivity contribution is 5.98. The lowest BCUT2D eigenvalue weighted by Crippen LogP contribution is -2.20. The van der Waals surface area contributed by atoms with E-state index in [-0.39, 0.29) is 0 Å². The minimum absolute atomic E-state index is 0.391. The van der Waals surface area contributed by atoms with Crippen LogP contribution in [0.15, 0.2) is 34.9 Å². The van der Waals surface area contributed by atoms with E-state index in [1.54, 1.807) is 24.5 Å². The van der Waals surface area contributed by atoms with Crippen LogP contribution in [-0.4, -0.2) is 20.2 Å². The molecule has 0 radical (unpaired) electrons. The monoisotopic (exact) mass is 289 g/mol. The number of carbonyl (C=O) groups is 1. The lowest BCUT2D eigenvalue weighted by Gasteiger charge is -2.13. The Hall–Kier alpha value is -2.47. The molecule has 6 nitrogen and oxygen atoms in total. The fourth-order valence-corrected chi connectivity index (χ4v) is 2.36. The number of hydrogen-bond donors (Lipinski definition) is 1. The van der Waals surface area contributed by atoms with Crippen molar-refractivity contribution in [1.29, 1.82) is 0 Å². The van der Waals surface area contributed by atoms with Crippen molar-refractivity contribution in [3.63, 3.8) is 0 Å². The molecule has 1 aromatic heterocycles. The molecule has 1 unspecified atom stereocenters. The van der Waals surface area contributed by atoms with Gasteiger partial charge in [0.1, 0.15) is 11.3 Å². The second kappa shape index (κ2) is 5.49. The topological polar surface area (TPSA) is 69.9 Å². The van der Waals surface area contributed by atoms with Crippen LogP contribution in [0.1, 0.15) is 27.9 Å². The highest BCUT2D eigenvalue weighted by atomic mass is 16.6. The summed E-state index contributed by atoms with van der Waals surface area (Å²) in [7, 11) is 3.02. The van der Waals surface area contributed by atoms with Crippen molar-refractivity contribution in [1.82, 2.24) is 5.32 Å².